The first-order valence-electron chi connectivity index (χ1n) is 10.1. The molecule has 0 spiro atoms. The quantitative estimate of drug-likeness (QED) is 0.478. The highest BCUT2D eigenvalue weighted by Gasteiger charge is 2.42. The molecule has 0 unspecified atom stereocenters. The second-order valence-corrected chi connectivity index (χ2v) is 9.65. The van der Waals surface area contributed by atoms with Crippen molar-refractivity contribution in [3.05, 3.63) is 59.8 Å². The van der Waals surface area contributed by atoms with Crippen LogP contribution in [-0.2, 0) is 28.0 Å². The number of fused-ring (bicyclic) bond motifs is 1. The zero-order valence-corrected chi connectivity index (χ0v) is 18.4. The maximum Gasteiger partial charge on any atom is 0.491 e. The van der Waals surface area contributed by atoms with Crippen molar-refractivity contribution in [3.63, 3.8) is 0 Å². The molecule has 33 heavy (non-hydrogen) atoms. The molecule has 1 aliphatic heterocycles. The molecule has 4 rings (SSSR count). The molecule has 1 aliphatic rings. The van der Waals surface area contributed by atoms with Gasteiger partial charge in [-0.2, -0.15) is 13.2 Å². The lowest BCUT2D eigenvalue weighted by molar-refractivity contribution is -0.189. The summed E-state index contributed by atoms with van der Waals surface area (Å²) in [5.74, 6) is -2.78. The van der Waals surface area contributed by atoms with Crippen molar-refractivity contribution in [2.24, 2.45) is 0 Å². The molecule has 2 heterocycles. The molecule has 7 nitrogen and oxygen atoms in total. The summed E-state index contributed by atoms with van der Waals surface area (Å²) in [6, 6.07) is 12.3. The fourth-order valence-corrected chi connectivity index (χ4v) is 4.40. The summed E-state index contributed by atoms with van der Waals surface area (Å²) in [5.41, 5.74) is 1.37. The van der Waals surface area contributed by atoms with Crippen LogP contribution < -0.4 is 9.47 Å². The van der Waals surface area contributed by atoms with E-state index in [4.69, 9.17) is 4.74 Å². The molecule has 1 fully saturated rings. The number of benzene rings is 2. The third kappa shape index (κ3) is 4.98. The molecule has 3 aromatic rings. The van der Waals surface area contributed by atoms with Crippen LogP contribution in [-0.4, -0.2) is 48.8 Å². The predicted molar refractivity (Wildman–Crippen MR) is 115 cm³/mol. The molecule has 0 saturated carbocycles. The third-order valence-electron chi connectivity index (χ3n) is 5.30. The van der Waals surface area contributed by atoms with Crippen molar-refractivity contribution in [1.29, 1.82) is 0 Å². The van der Waals surface area contributed by atoms with Gasteiger partial charge in [-0.25, -0.2) is 17.2 Å². The van der Waals surface area contributed by atoms with E-state index in [1.165, 1.54) is 0 Å². The molecule has 0 bridgehead atoms. The van der Waals surface area contributed by atoms with Crippen LogP contribution in [0.1, 0.15) is 17.5 Å². The van der Waals surface area contributed by atoms with Gasteiger partial charge in [0.15, 0.2) is 5.75 Å². The number of rotatable bonds is 7. The lowest BCUT2D eigenvalue weighted by Crippen LogP contribution is -2.36. The van der Waals surface area contributed by atoms with Gasteiger partial charge in [0.1, 0.15) is 17.9 Å². The van der Waals surface area contributed by atoms with Crippen LogP contribution >= 0.6 is 0 Å². The summed E-state index contributed by atoms with van der Waals surface area (Å²) in [5, 5.41) is 0.0930. The van der Waals surface area contributed by atoms with E-state index in [1.54, 1.807) is 12.1 Å². The molecular formula is C22H21F3N2O5S. The Balaban J connectivity index is 1.85. The standard InChI is InChI=1S/C22H21F3N2O5S/c1-33(29,30)27-13-18(32-21(28)22(23,24)25)19-16(12-26-10-5-11-26)8-9-17(20(19)27)31-14-15-6-3-2-4-7-15/h2-4,6-9,13H,5,10-12,14H2,1H3. The van der Waals surface area contributed by atoms with Crippen LogP contribution in [0.25, 0.3) is 10.9 Å². The largest absolute Gasteiger partial charge is 0.491 e. The predicted octanol–water partition coefficient (Wildman–Crippen LogP) is 3.70. The number of nitrogens with zero attached hydrogens (tertiary/aromatic N) is 2. The van der Waals surface area contributed by atoms with Gasteiger partial charge in [-0.3, -0.25) is 4.90 Å². The Morgan fingerprint density at radius 2 is 1.76 bits per heavy atom. The Morgan fingerprint density at radius 3 is 2.33 bits per heavy atom. The summed E-state index contributed by atoms with van der Waals surface area (Å²) in [6.45, 7) is 2.07. The van der Waals surface area contributed by atoms with Crippen LogP contribution in [0.5, 0.6) is 11.5 Å². The number of hydrogen-bond acceptors (Lipinski definition) is 6. The summed E-state index contributed by atoms with van der Waals surface area (Å²) in [6.07, 6.45) is -2.45. The van der Waals surface area contributed by atoms with Gasteiger partial charge in [-0.15, -0.1) is 0 Å². The highest BCUT2D eigenvalue weighted by Crippen LogP contribution is 2.40. The zero-order valence-electron chi connectivity index (χ0n) is 17.6. The number of halogens is 3. The molecule has 1 saturated heterocycles. The Kier molecular flexibility index (Phi) is 6.10. The number of hydrogen-bond donors (Lipinski definition) is 0. The smallest absolute Gasteiger partial charge is 0.487 e. The lowest BCUT2D eigenvalue weighted by Gasteiger charge is -2.31. The number of carbonyl (C=O) groups is 1. The summed E-state index contributed by atoms with van der Waals surface area (Å²) in [4.78, 5) is 13.6. The second kappa shape index (κ2) is 8.71. The summed E-state index contributed by atoms with van der Waals surface area (Å²) < 4.78 is 75.0. The highest BCUT2D eigenvalue weighted by atomic mass is 32.2. The first kappa shape index (κ1) is 23.1. The van der Waals surface area contributed by atoms with Gasteiger partial charge >= 0.3 is 12.1 Å². The van der Waals surface area contributed by atoms with Gasteiger partial charge in [0.25, 0.3) is 0 Å². The number of carbonyl (C=O) groups excluding carboxylic acids is 1. The van der Waals surface area contributed by atoms with E-state index in [1.807, 2.05) is 35.2 Å². The van der Waals surface area contributed by atoms with E-state index in [2.05, 4.69) is 4.74 Å². The molecule has 11 heteroatoms. The van der Waals surface area contributed by atoms with E-state index in [0.29, 0.717) is 12.1 Å². The number of likely N-dealkylation sites (tertiary alicyclic amines) is 1. The topological polar surface area (TPSA) is 77.8 Å². The van der Waals surface area contributed by atoms with Crippen molar-refractivity contribution >= 4 is 26.9 Å². The van der Waals surface area contributed by atoms with E-state index in [0.717, 1.165) is 41.5 Å². The van der Waals surface area contributed by atoms with Gasteiger partial charge in [-0.1, -0.05) is 36.4 Å². The van der Waals surface area contributed by atoms with Crippen molar-refractivity contribution in [2.45, 2.75) is 25.7 Å². The first-order chi connectivity index (χ1) is 15.5. The number of ether oxygens (including phenoxy) is 2. The van der Waals surface area contributed by atoms with Crippen LogP contribution in [0.15, 0.2) is 48.7 Å². The summed E-state index contributed by atoms with van der Waals surface area (Å²) in [7, 11) is -3.97. The fraction of sp³-hybridized carbons (Fsp3) is 0.318. The Morgan fingerprint density at radius 1 is 1.06 bits per heavy atom. The van der Waals surface area contributed by atoms with Crippen LogP contribution in [0, 0.1) is 0 Å². The number of alkyl halides is 3. The Bertz CT molecular complexity index is 1280. The van der Waals surface area contributed by atoms with E-state index in [9.17, 15) is 26.4 Å². The Hall–Kier alpha value is -3.05. The average molecular weight is 482 g/mol. The zero-order chi connectivity index (χ0) is 23.8. The third-order valence-corrected chi connectivity index (χ3v) is 6.30. The van der Waals surface area contributed by atoms with E-state index >= 15 is 0 Å². The van der Waals surface area contributed by atoms with Crippen LogP contribution in [0.4, 0.5) is 13.2 Å². The SMILES string of the molecule is CS(=O)(=O)n1cc(OC(=O)C(F)(F)F)c2c(CN3CCC3)ccc(OCc3ccccc3)c21. The normalized spacial score (nSPS) is 14.8. The van der Waals surface area contributed by atoms with Gasteiger partial charge in [0.2, 0.25) is 10.0 Å². The van der Waals surface area contributed by atoms with Crippen molar-refractivity contribution in [2.75, 3.05) is 19.3 Å². The minimum Gasteiger partial charge on any atom is -0.487 e. The molecule has 0 amide bonds. The minimum absolute atomic E-state index is 0.0245. The maximum atomic E-state index is 12.9. The maximum absolute atomic E-state index is 12.9. The Labute approximate surface area is 188 Å². The first-order valence-corrected chi connectivity index (χ1v) is 11.9. The highest BCUT2D eigenvalue weighted by molar-refractivity contribution is 7.89. The van der Waals surface area contributed by atoms with Gasteiger partial charge in [0, 0.05) is 6.54 Å². The van der Waals surface area contributed by atoms with Crippen molar-refractivity contribution < 1.29 is 35.9 Å². The van der Waals surface area contributed by atoms with Gasteiger partial charge in [0.05, 0.1) is 17.8 Å². The molecule has 0 atom stereocenters. The molecule has 2 aromatic carbocycles. The lowest BCUT2D eigenvalue weighted by atomic mass is 10.1. The molecular weight excluding hydrogens is 461 g/mol. The number of esters is 1. The monoisotopic (exact) mass is 482 g/mol. The van der Waals surface area contributed by atoms with Crippen LogP contribution in [0.2, 0.25) is 0 Å². The molecule has 0 N–H and O–H groups in total. The van der Waals surface area contributed by atoms with Crippen molar-refractivity contribution in [3.8, 4) is 11.5 Å². The second-order valence-electron chi connectivity index (χ2n) is 7.79. The molecule has 0 radical (unpaired) electrons. The summed E-state index contributed by atoms with van der Waals surface area (Å²) >= 11 is 0. The van der Waals surface area contributed by atoms with Crippen molar-refractivity contribution in [1.82, 2.24) is 8.87 Å². The molecule has 176 valence electrons. The van der Waals surface area contributed by atoms with Gasteiger partial charge in [-0.05, 0) is 36.7 Å². The van der Waals surface area contributed by atoms with Crippen LogP contribution in [0.3, 0.4) is 0 Å². The molecule has 0 aliphatic carbocycles. The fourth-order valence-electron chi connectivity index (χ4n) is 3.60. The molecule has 1 aromatic heterocycles. The van der Waals surface area contributed by atoms with Gasteiger partial charge < -0.3 is 9.47 Å². The average Bonchev–Trinajstić information content (AvgIpc) is 3.10. The minimum atomic E-state index is -5.24. The van der Waals surface area contributed by atoms with E-state index < -0.39 is 27.9 Å². The number of aromatic nitrogens is 1. The van der Waals surface area contributed by atoms with E-state index in [-0.39, 0.29) is 23.3 Å².